The molecule has 0 bridgehead atoms. The van der Waals surface area contributed by atoms with Crippen molar-refractivity contribution < 1.29 is 4.74 Å². The summed E-state index contributed by atoms with van der Waals surface area (Å²) in [7, 11) is 0. The summed E-state index contributed by atoms with van der Waals surface area (Å²) in [4.78, 5) is 0. The first-order valence-electron chi connectivity index (χ1n) is 5.33. The second-order valence-electron chi connectivity index (χ2n) is 4.14. The Balaban J connectivity index is 2.28. The van der Waals surface area contributed by atoms with Crippen molar-refractivity contribution in [2.45, 2.75) is 26.3 Å². The zero-order valence-corrected chi connectivity index (χ0v) is 9.29. The molecule has 0 saturated heterocycles. The summed E-state index contributed by atoms with van der Waals surface area (Å²) in [6.07, 6.45) is 3.07. The van der Waals surface area contributed by atoms with Gasteiger partial charge in [-0.3, -0.25) is 0 Å². The van der Waals surface area contributed by atoms with Crippen LogP contribution in [0.5, 0.6) is 0 Å². The fourth-order valence-electron chi connectivity index (χ4n) is 2.01. The SMILES string of the molecule is Cc1cc(C)cc(C(N)C2=CCCO2)c1. The molecule has 1 heterocycles. The molecule has 0 fully saturated rings. The van der Waals surface area contributed by atoms with E-state index in [4.69, 9.17) is 10.5 Å². The molecule has 1 aliphatic rings. The molecule has 2 rings (SSSR count). The van der Waals surface area contributed by atoms with Crippen LogP contribution < -0.4 is 5.73 Å². The van der Waals surface area contributed by atoms with Gasteiger partial charge in [-0.05, 0) is 25.5 Å². The molecule has 2 heteroatoms. The van der Waals surface area contributed by atoms with E-state index in [1.54, 1.807) is 0 Å². The van der Waals surface area contributed by atoms with Gasteiger partial charge >= 0.3 is 0 Å². The highest BCUT2D eigenvalue weighted by molar-refractivity contribution is 5.34. The number of benzene rings is 1. The number of ether oxygens (including phenoxy) is 1. The molecule has 1 aromatic rings. The van der Waals surface area contributed by atoms with E-state index < -0.39 is 0 Å². The van der Waals surface area contributed by atoms with Crippen LogP contribution in [-0.2, 0) is 4.74 Å². The molecule has 2 N–H and O–H groups in total. The van der Waals surface area contributed by atoms with E-state index in [1.165, 1.54) is 11.1 Å². The molecule has 0 aromatic heterocycles. The van der Waals surface area contributed by atoms with Crippen LogP contribution in [0.25, 0.3) is 0 Å². The van der Waals surface area contributed by atoms with Gasteiger partial charge in [0.25, 0.3) is 0 Å². The van der Waals surface area contributed by atoms with Crippen LogP contribution in [0.4, 0.5) is 0 Å². The van der Waals surface area contributed by atoms with Gasteiger partial charge in [-0.15, -0.1) is 0 Å². The summed E-state index contributed by atoms with van der Waals surface area (Å²) in [5.41, 5.74) is 9.78. The van der Waals surface area contributed by atoms with Crippen LogP contribution >= 0.6 is 0 Å². The highest BCUT2D eigenvalue weighted by Crippen LogP contribution is 2.25. The number of hydrogen-bond acceptors (Lipinski definition) is 2. The minimum absolute atomic E-state index is 0.105. The Bertz CT molecular complexity index is 375. The maximum absolute atomic E-state index is 6.14. The molecule has 1 aromatic carbocycles. The Hall–Kier alpha value is -1.28. The average molecular weight is 203 g/mol. The standard InChI is InChI=1S/C13H17NO/c1-9-6-10(2)8-11(7-9)13(14)12-4-3-5-15-12/h4,6-8,13H,3,5,14H2,1-2H3. The van der Waals surface area contributed by atoms with E-state index >= 15 is 0 Å². The fourth-order valence-corrected chi connectivity index (χ4v) is 2.01. The predicted molar refractivity (Wildman–Crippen MR) is 61.5 cm³/mol. The van der Waals surface area contributed by atoms with Gasteiger partial charge in [0.15, 0.2) is 0 Å². The van der Waals surface area contributed by atoms with Crippen LogP contribution in [0.15, 0.2) is 30.0 Å². The quantitative estimate of drug-likeness (QED) is 0.802. The van der Waals surface area contributed by atoms with Crippen molar-refractivity contribution in [2.24, 2.45) is 5.73 Å². The molecular weight excluding hydrogens is 186 g/mol. The molecule has 1 aliphatic heterocycles. The minimum Gasteiger partial charge on any atom is -0.496 e. The van der Waals surface area contributed by atoms with Crippen LogP contribution in [0, 0.1) is 13.8 Å². The van der Waals surface area contributed by atoms with Crippen LogP contribution in [-0.4, -0.2) is 6.61 Å². The van der Waals surface area contributed by atoms with Crippen molar-refractivity contribution in [3.63, 3.8) is 0 Å². The normalized spacial score (nSPS) is 17.1. The monoisotopic (exact) mass is 203 g/mol. The molecule has 1 unspecified atom stereocenters. The first kappa shape index (κ1) is 10.2. The van der Waals surface area contributed by atoms with Crippen molar-refractivity contribution in [3.8, 4) is 0 Å². The van der Waals surface area contributed by atoms with Gasteiger partial charge in [0, 0.05) is 6.42 Å². The summed E-state index contributed by atoms with van der Waals surface area (Å²) in [6.45, 7) is 4.95. The van der Waals surface area contributed by atoms with E-state index in [9.17, 15) is 0 Å². The largest absolute Gasteiger partial charge is 0.496 e. The molecule has 0 amide bonds. The van der Waals surface area contributed by atoms with Gasteiger partial charge in [0.1, 0.15) is 5.76 Å². The molecule has 15 heavy (non-hydrogen) atoms. The number of nitrogens with two attached hydrogens (primary N) is 1. The van der Waals surface area contributed by atoms with Gasteiger partial charge in [0.05, 0.1) is 12.6 Å². The Kier molecular flexibility index (Phi) is 2.78. The topological polar surface area (TPSA) is 35.2 Å². The molecule has 2 nitrogen and oxygen atoms in total. The summed E-state index contributed by atoms with van der Waals surface area (Å²) < 4.78 is 5.48. The third-order valence-electron chi connectivity index (χ3n) is 2.64. The lowest BCUT2D eigenvalue weighted by molar-refractivity contribution is 0.225. The second kappa shape index (κ2) is 4.07. The lowest BCUT2D eigenvalue weighted by Crippen LogP contribution is -2.14. The molecule has 1 atom stereocenters. The van der Waals surface area contributed by atoms with Crippen molar-refractivity contribution in [1.29, 1.82) is 0 Å². The maximum Gasteiger partial charge on any atom is 0.113 e. The minimum atomic E-state index is -0.105. The maximum atomic E-state index is 6.14. The van der Waals surface area contributed by atoms with Crippen molar-refractivity contribution in [1.82, 2.24) is 0 Å². The van der Waals surface area contributed by atoms with E-state index in [0.717, 1.165) is 24.4 Å². The number of hydrogen-bond donors (Lipinski definition) is 1. The van der Waals surface area contributed by atoms with Crippen LogP contribution in [0.3, 0.4) is 0 Å². The van der Waals surface area contributed by atoms with Crippen molar-refractivity contribution in [3.05, 3.63) is 46.7 Å². The Labute approximate surface area is 90.7 Å². The van der Waals surface area contributed by atoms with E-state index in [2.05, 4.69) is 38.1 Å². The average Bonchev–Trinajstić information content (AvgIpc) is 2.67. The molecule has 0 saturated carbocycles. The summed E-state index contributed by atoms with van der Waals surface area (Å²) in [6, 6.07) is 6.30. The highest BCUT2D eigenvalue weighted by Gasteiger charge is 2.16. The van der Waals surface area contributed by atoms with Crippen molar-refractivity contribution >= 4 is 0 Å². The van der Waals surface area contributed by atoms with E-state index in [0.29, 0.717) is 0 Å². The zero-order valence-electron chi connectivity index (χ0n) is 9.29. The summed E-state index contributed by atoms with van der Waals surface area (Å²) >= 11 is 0. The third-order valence-corrected chi connectivity index (χ3v) is 2.64. The van der Waals surface area contributed by atoms with Gasteiger partial charge in [-0.2, -0.15) is 0 Å². The molecule has 0 spiro atoms. The van der Waals surface area contributed by atoms with Gasteiger partial charge in [0.2, 0.25) is 0 Å². The third kappa shape index (κ3) is 2.21. The van der Waals surface area contributed by atoms with Crippen molar-refractivity contribution in [2.75, 3.05) is 6.61 Å². The molecule has 0 radical (unpaired) electrons. The van der Waals surface area contributed by atoms with Crippen LogP contribution in [0.2, 0.25) is 0 Å². The predicted octanol–water partition coefficient (Wildman–Crippen LogP) is 2.61. The Morgan fingerprint density at radius 1 is 1.20 bits per heavy atom. The molecule has 0 aliphatic carbocycles. The smallest absolute Gasteiger partial charge is 0.113 e. The number of rotatable bonds is 2. The molecule has 80 valence electrons. The number of aryl methyl sites for hydroxylation is 2. The van der Waals surface area contributed by atoms with E-state index in [-0.39, 0.29) is 6.04 Å². The summed E-state index contributed by atoms with van der Waals surface area (Å²) in [5, 5.41) is 0. The van der Waals surface area contributed by atoms with Gasteiger partial charge in [-0.25, -0.2) is 0 Å². The Morgan fingerprint density at radius 2 is 1.87 bits per heavy atom. The first-order chi connectivity index (χ1) is 7.16. The van der Waals surface area contributed by atoms with Gasteiger partial charge < -0.3 is 10.5 Å². The summed E-state index contributed by atoms with van der Waals surface area (Å²) in [5.74, 6) is 0.917. The Morgan fingerprint density at radius 3 is 2.40 bits per heavy atom. The second-order valence-corrected chi connectivity index (χ2v) is 4.14. The van der Waals surface area contributed by atoms with E-state index in [1.807, 2.05) is 0 Å². The fraction of sp³-hybridized carbons (Fsp3) is 0.385. The highest BCUT2D eigenvalue weighted by atomic mass is 16.5. The first-order valence-corrected chi connectivity index (χ1v) is 5.33. The molecular formula is C13H17NO. The van der Waals surface area contributed by atoms with Gasteiger partial charge in [-0.1, -0.05) is 29.3 Å². The lowest BCUT2D eigenvalue weighted by Gasteiger charge is -2.15. The lowest BCUT2D eigenvalue weighted by atomic mass is 10.0. The zero-order chi connectivity index (χ0) is 10.8. The van der Waals surface area contributed by atoms with Crippen LogP contribution in [0.1, 0.15) is 29.2 Å².